The fraction of sp³-hybridized carbons (Fsp3) is 0.826. The van der Waals surface area contributed by atoms with Crippen molar-refractivity contribution in [2.75, 3.05) is 66.0 Å². The van der Waals surface area contributed by atoms with Crippen molar-refractivity contribution in [2.45, 2.75) is 176 Å². The average Bonchev–Trinajstić information content (AvgIpc) is 3.98. The zero-order chi connectivity index (χ0) is 37.8. The van der Waals surface area contributed by atoms with Gasteiger partial charge in [-0.25, -0.2) is 0 Å². The molecule has 328 valence electrons. The van der Waals surface area contributed by atoms with E-state index in [4.69, 9.17) is 5.73 Å². The van der Waals surface area contributed by atoms with Gasteiger partial charge in [-0.3, -0.25) is 0 Å². The van der Waals surface area contributed by atoms with Crippen molar-refractivity contribution in [1.29, 1.82) is 0 Å². The molecule has 0 heterocycles. The molecule has 1 aromatic rings. The van der Waals surface area contributed by atoms with Crippen molar-refractivity contribution >= 4 is 23.5 Å². The summed E-state index contributed by atoms with van der Waals surface area (Å²) in [5, 5.41) is 3.08. The number of ether oxygens (including phenoxy) is 2. The number of benzene rings is 1. The molecule has 0 amide bonds. The Morgan fingerprint density at radius 2 is 1.13 bits per heavy atom. The Bertz CT molecular complexity index is 525. The molecule has 0 radical (unpaired) electrons. The lowest BCUT2D eigenvalue weighted by Gasteiger charge is -2.18. The minimum absolute atomic E-state index is 0. The van der Waals surface area contributed by atoms with Crippen LogP contribution in [0.3, 0.4) is 0 Å². The maximum atomic E-state index is 5.50. The Morgan fingerprint density at radius 3 is 1.29 bits per heavy atom. The van der Waals surface area contributed by atoms with Crippen LogP contribution in [-0.2, 0) is 16.0 Å². The van der Waals surface area contributed by atoms with Gasteiger partial charge < -0.3 is 20.5 Å². The van der Waals surface area contributed by atoms with Crippen LogP contribution in [0.25, 0.3) is 0 Å². The van der Waals surface area contributed by atoms with E-state index >= 15 is 0 Å². The van der Waals surface area contributed by atoms with E-state index in [0.717, 1.165) is 38.0 Å². The summed E-state index contributed by atoms with van der Waals surface area (Å²) >= 11 is 3.61. The quantitative estimate of drug-likeness (QED) is 0.243. The summed E-state index contributed by atoms with van der Waals surface area (Å²) in [4.78, 5) is 0. The molecule has 0 aromatic heterocycles. The molecule has 0 bridgehead atoms. The molecule has 1 aromatic carbocycles. The number of hydrogen-bond donors (Lipinski definition) is 2. The highest BCUT2D eigenvalue weighted by Gasteiger charge is 2.17. The molecular formula is C46H110N2O2S2. The van der Waals surface area contributed by atoms with Crippen LogP contribution < -0.4 is 11.1 Å². The van der Waals surface area contributed by atoms with E-state index in [2.05, 4.69) is 74.4 Å². The Hall–Kier alpha value is -0.500. The molecule has 52 heavy (non-hydrogen) atoms. The smallest absolute Gasteiger partial charge is 0.0433 e. The first-order chi connectivity index (χ1) is 22.8. The fourth-order valence-electron chi connectivity index (χ4n) is 2.95. The summed E-state index contributed by atoms with van der Waals surface area (Å²) in [7, 11) is 6.88. The lowest BCUT2D eigenvalue weighted by atomic mass is 9.90. The minimum atomic E-state index is 0. The molecular weight excluding hydrogens is 677 g/mol. The van der Waals surface area contributed by atoms with Gasteiger partial charge in [0.05, 0.1) is 0 Å². The van der Waals surface area contributed by atoms with E-state index in [1.807, 2.05) is 76.4 Å². The molecule has 2 aliphatic rings. The van der Waals surface area contributed by atoms with Crippen molar-refractivity contribution in [3.05, 3.63) is 48.6 Å². The summed E-state index contributed by atoms with van der Waals surface area (Å²) in [5.41, 5.74) is 6.84. The molecule has 4 nitrogen and oxygen atoms in total. The summed E-state index contributed by atoms with van der Waals surface area (Å²) in [5.74, 6) is 3.23. The van der Waals surface area contributed by atoms with E-state index in [1.165, 1.54) is 81.9 Å². The second-order valence-corrected chi connectivity index (χ2v) is 12.6. The van der Waals surface area contributed by atoms with Crippen LogP contribution >= 0.6 is 23.5 Å². The second-order valence-electron chi connectivity index (χ2n) is 10.7. The SMILES string of the molecule is C.C.C.C.C.C=CCCC.CC.CCC1CC1.CCCC.CCOC.CCSC.CNCc1ccccc1.COC.CSC.NCC1CCCCC1. The van der Waals surface area contributed by atoms with Gasteiger partial charge in [0.2, 0.25) is 0 Å². The van der Waals surface area contributed by atoms with Gasteiger partial charge in [0.1, 0.15) is 0 Å². The average molecular weight is 788 g/mol. The number of nitrogens with one attached hydrogen (secondary N) is 1. The van der Waals surface area contributed by atoms with Crippen LogP contribution in [0, 0.1) is 11.8 Å². The lowest BCUT2D eigenvalue weighted by molar-refractivity contribution is 0.215. The third kappa shape index (κ3) is 125. The van der Waals surface area contributed by atoms with E-state index < -0.39 is 0 Å². The van der Waals surface area contributed by atoms with Crippen LogP contribution in [0.5, 0.6) is 0 Å². The molecule has 0 atom stereocenters. The third-order valence-electron chi connectivity index (χ3n) is 6.13. The monoisotopic (exact) mass is 787 g/mol. The minimum Gasteiger partial charge on any atom is -0.388 e. The Kier molecular flexibility index (Phi) is 159. The largest absolute Gasteiger partial charge is 0.388 e. The maximum Gasteiger partial charge on any atom is 0.0433 e. The first kappa shape index (κ1) is 84.2. The number of methoxy groups -OCH3 is 2. The fourth-order valence-corrected chi connectivity index (χ4v) is 2.95. The van der Waals surface area contributed by atoms with Gasteiger partial charge in [0.25, 0.3) is 0 Å². The number of unbranched alkanes of at least 4 members (excludes halogenated alkanes) is 2. The van der Waals surface area contributed by atoms with Gasteiger partial charge in [-0.2, -0.15) is 23.5 Å². The van der Waals surface area contributed by atoms with Crippen molar-refractivity contribution in [3.63, 3.8) is 0 Å². The predicted molar refractivity (Wildman–Crippen MR) is 263 cm³/mol. The molecule has 2 fully saturated rings. The maximum absolute atomic E-state index is 5.50. The number of allylic oxidation sites excluding steroid dienone is 1. The second kappa shape index (κ2) is 98.2. The van der Waals surface area contributed by atoms with E-state index in [9.17, 15) is 0 Å². The van der Waals surface area contributed by atoms with Gasteiger partial charge in [-0.15, -0.1) is 6.58 Å². The molecule has 0 aliphatic heterocycles. The van der Waals surface area contributed by atoms with Crippen LogP contribution in [0.1, 0.15) is 175 Å². The number of thioether (sulfide) groups is 2. The molecule has 0 saturated heterocycles. The van der Waals surface area contributed by atoms with Gasteiger partial charge in [0.15, 0.2) is 0 Å². The molecule has 0 spiro atoms. The standard InChI is InChI=1S/C8H11N.C7H15N.2C5H10.C4H10.C3H8O.C3H8S.C2H6O.C2H6S.C2H6.5CH4/c1-9-7-8-5-3-2-4-6-8;8-6-7-4-2-1-3-5-7;1-2-5-3-4-5;1-3-5-4-2;3*1-3-4-2;2*1-3-2;1-2;;;;;/h2-6,9H,7H2,1H3;7H,1-6,8H2;5H,2-4H2,1H3;3H,1,4-5H2,2H3;3-4H2,1-2H3;2*3H2,1-2H3;2*1-2H3;1-2H3;5*1H4. The van der Waals surface area contributed by atoms with Crippen molar-refractivity contribution in [2.24, 2.45) is 17.6 Å². The molecule has 2 saturated carbocycles. The Labute approximate surface area is 345 Å². The highest BCUT2D eigenvalue weighted by atomic mass is 32.2. The van der Waals surface area contributed by atoms with Gasteiger partial charge in [0, 0.05) is 34.5 Å². The highest BCUT2D eigenvalue weighted by molar-refractivity contribution is 7.98. The summed E-state index contributed by atoms with van der Waals surface area (Å²) in [6.45, 7) is 23.1. The highest BCUT2D eigenvalue weighted by Crippen LogP contribution is 2.31. The van der Waals surface area contributed by atoms with Gasteiger partial charge in [-0.05, 0) is 81.7 Å². The predicted octanol–water partition coefficient (Wildman–Crippen LogP) is 16.0. The number of nitrogens with two attached hydrogens (primary N) is 1. The molecule has 3 rings (SSSR count). The van der Waals surface area contributed by atoms with E-state index in [-0.39, 0.29) is 37.1 Å². The Balaban J connectivity index is -0.0000000349. The first-order valence-corrected chi connectivity index (χ1v) is 21.6. The van der Waals surface area contributed by atoms with Crippen LogP contribution in [0.15, 0.2) is 43.0 Å². The van der Waals surface area contributed by atoms with Gasteiger partial charge >= 0.3 is 0 Å². The van der Waals surface area contributed by atoms with Crippen LogP contribution in [0.2, 0.25) is 0 Å². The van der Waals surface area contributed by atoms with Crippen molar-refractivity contribution in [1.82, 2.24) is 5.32 Å². The number of rotatable bonds is 9. The summed E-state index contributed by atoms with van der Waals surface area (Å²) in [6, 6.07) is 10.3. The van der Waals surface area contributed by atoms with E-state index in [1.54, 1.807) is 33.1 Å². The normalized spacial score (nSPS) is 10.8. The van der Waals surface area contributed by atoms with Crippen LogP contribution in [0.4, 0.5) is 0 Å². The molecule has 2 aliphatic carbocycles. The van der Waals surface area contributed by atoms with E-state index in [0.29, 0.717) is 0 Å². The van der Waals surface area contributed by atoms with Crippen molar-refractivity contribution < 1.29 is 9.47 Å². The topological polar surface area (TPSA) is 56.5 Å². The zero-order valence-corrected chi connectivity index (χ0v) is 36.5. The first-order valence-electron chi connectivity index (χ1n) is 18.6. The molecule has 0 unspecified atom stereocenters. The lowest BCUT2D eigenvalue weighted by Crippen LogP contribution is -2.16. The summed E-state index contributed by atoms with van der Waals surface area (Å²) < 4.78 is 8.79. The van der Waals surface area contributed by atoms with Crippen LogP contribution in [-0.4, -0.2) is 66.0 Å². The van der Waals surface area contributed by atoms with Crippen molar-refractivity contribution in [3.8, 4) is 0 Å². The molecule has 3 N–H and O–H groups in total. The van der Waals surface area contributed by atoms with Gasteiger partial charge in [-0.1, -0.05) is 180 Å². The molecule has 6 heteroatoms. The summed E-state index contributed by atoms with van der Waals surface area (Å²) in [6.07, 6.45) is 24.6. The number of hydrogen-bond acceptors (Lipinski definition) is 6. The third-order valence-corrected chi connectivity index (χ3v) is 6.70. The zero-order valence-electron chi connectivity index (χ0n) is 34.8. The Morgan fingerprint density at radius 1 is 0.750 bits per heavy atom.